The third-order valence-corrected chi connectivity index (χ3v) is 3.08. The molecule has 1 amide bonds. The summed E-state index contributed by atoms with van der Waals surface area (Å²) in [5.41, 5.74) is 0.348. The number of carbonyl (C=O) groups excluding carboxylic acids is 2. The van der Waals surface area contributed by atoms with Gasteiger partial charge in [-0.2, -0.15) is 8.42 Å². The van der Waals surface area contributed by atoms with Crippen LogP contribution >= 0.6 is 0 Å². The molecule has 0 bridgehead atoms. The maximum atomic E-state index is 11.9. The zero-order valence-electron chi connectivity index (χ0n) is 11.4. The molecule has 1 atom stereocenters. The minimum absolute atomic E-state index is 0.348. The maximum Gasteiger partial charge on any atom is 0.272 e. The molecule has 21 heavy (non-hydrogen) atoms. The monoisotopic (exact) mass is 317 g/mol. The molecule has 1 aromatic rings. The molecule has 9 heteroatoms. The highest BCUT2D eigenvalue weighted by atomic mass is 32.2. The lowest BCUT2D eigenvalue weighted by atomic mass is 10.2. The van der Waals surface area contributed by atoms with Gasteiger partial charge in [-0.25, -0.2) is 0 Å². The molecule has 0 radical (unpaired) electrons. The summed E-state index contributed by atoms with van der Waals surface area (Å²) in [4.78, 5) is 23.5. The third kappa shape index (κ3) is 5.50. The van der Waals surface area contributed by atoms with Gasteiger partial charge in [0, 0.05) is 18.9 Å². The Morgan fingerprint density at radius 2 is 2.00 bits per heavy atom. The number of hydrogen-bond donors (Lipinski definition) is 2. The molecule has 0 fully saturated rings. The number of amides is 1. The van der Waals surface area contributed by atoms with Gasteiger partial charge in [0.1, 0.15) is 11.5 Å². The van der Waals surface area contributed by atoms with E-state index in [-0.39, 0.29) is 0 Å². The van der Waals surface area contributed by atoms with Crippen molar-refractivity contribution in [1.29, 1.82) is 0 Å². The highest BCUT2D eigenvalue weighted by Crippen LogP contribution is 2.17. The van der Waals surface area contributed by atoms with Gasteiger partial charge >= 0.3 is 0 Å². The molecule has 0 spiro atoms. The van der Waals surface area contributed by atoms with Crippen molar-refractivity contribution in [2.24, 2.45) is 0 Å². The van der Waals surface area contributed by atoms with Gasteiger partial charge < -0.3 is 14.8 Å². The number of hydrogen-bond acceptors (Lipinski definition) is 6. The van der Waals surface area contributed by atoms with E-state index in [1.807, 2.05) is 0 Å². The second kappa shape index (κ2) is 7.16. The maximum absolute atomic E-state index is 11.9. The van der Waals surface area contributed by atoms with Gasteiger partial charge in [0.15, 0.2) is 11.9 Å². The standard InChI is InChI=1S/C12H15NO7S/c1-19-9-5-3-4-8(6-9)13-12(15)11(20-2)10(14)7-21(16,17)18/h3-6,11H,7H2,1-2H3,(H,13,15)(H,16,17,18). The smallest absolute Gasteiger partial charge is 0.272 e. The summed E-state index contributed by atoms with van der Waals surface area (Å²) in [6, 6.07) is 6.35. The Morgan fingerprint density at radius 1 is 1.33 bits per heavy atom. The van der Waals surface area contributed by atoms with E-state index in [9.17, 15) is 18.0 Å². The number of anilines is 1. The molecule has 0 aliphatic rings. The lowest BCUT2D eigenvalue weighted by Gasteiger charge is -2.14. The van der Waals surface area contributed by atoms with Crippen LogP contribution in [0.4, 0.5) is 5.69 Å². The van der Waals surface area contributed by atoms with Crippen LogP contribution in [0.1, 0.15) is 0 Å². The highest BCUT2D eigenvalue weighted by molar-refractivity contribution is 7.86. The first-order valence-corrected chi connectivity index (χ1v) is 7.33. The fourth-order valence-electron chi connectivity index (χ4n) is 1.55. The average Bonchev–Trinajstić information content (AvgIpc) is 2.37. The van der Waals surface area contributed by atoms with Crippen LogP contribution in [0, 0.1) is 0 Å². The Balaban J connectivity index is 2.81. The van der Waals surface area contributed by atoms with Crippen LogP contribution in [0.25, 0.3) is 0 Å². The predicted molar refractivity (Wildman–Crippen MR) is 73.8 cm³/mol. The molecule has 0 heterocycles. The summed E-state index contributed by atoms with van der Waals surface area (Å²) in [7, 11) is -1.99. The Kier molecular flexibility index (Phi) is 5.82. The van der Waals surface area contributed by atoms with E-state index >= 15 is 0 Å². The lowest BCUT2D eigenvalue weighted by Crippen LogP contribution is -2.39. The van der Waals surface area contributed by atoms with Crippen molar-refractivity contribution in [3.05, 3.63) is 24.3 Å². The summed E-state index contributed by atoms with van der Waals surface area (Å²) >= 11 is 0. The van der Waals surface area contributed by atoms with Crippen molar-refractivity contribution in [2.45, 2.75) is 6.10 Å². The average molecular weight is 317 g/mol. The topological polar surface area (TPSA) is 119 Å². The lowest BCUT2D eigenvalue weighted by molar-refractivity contribution is -0.137. The zero-order valence-corrected chi connectivity index (χ0v) is 12.2. The van der Waals surface area contributed by atoms with E-state index in [4.69, 9.17) is 9.29 Å². The Labute approximate surface area is 121 Å². The zero-order chi connectivity index (χ0) is 16.0. The largest absolute Gasteiger partial charge is 0.497 e. The molecule has 1 unspecified atom stereocenters. The van der Waals surface area contributed by atoms with Crippen molar-refractivity contribution in [2.75, 3.05) is 25.3 Å². The highest BCUT2D eigenvalue weighted by Gasteiger charge is 2.29. The number of Topliss-reactive ketones (excluding diaryl/α,β-unsaturated/α-hetero) is 1. The van der Waals surface area contributed by atoms with E-state index in [1.54, 1.807) is 18.2 Å². The van der Waals surface area contributed by atoms with Gasteiger partial charge in [-0.15, -0.1) is 0 Å². The number of methoxy groups -OCH3 is 2. The summed E-state index contributed by atoms with van der Waals surface area (Å²) in [5.74, 6) is -2.62. The summed E-state index contributed by atoms with van der Waals surface area (Å²) in [5, 5.41) is 2.39. The van der Waals surface area contributed by atoms with Crippen LogP contribution in [-0.4, -0.2) is 50.7 Å². The van der Waals surface area contributed by atoms with Gasteiger partial charge in [0.25, 0.3) is 16.0 Å². The molecule has 0 aliphatic heterocycles. The molecule has 0 aliphatic carbocycles. The number of carbonyl (C=O) groups is 2. The number of benzene rings is 1. The summed E-state index contributed by atoms with van der Waals surface area (Å²) < 4.78 is 39.6. The van der Waals surface area contributed by atoms with E-state index < -0.39 is 33.7 Å². The van der Waals surface area contributed by atoms with Gasteiger partial charge in [-0.05, 0) is 12.1 Å². The molecule has 1 rings (SSSR count). The van der Waals surface area contributed by atoms with Crippen LogP contribution < -0.4 is 10.1 Å². The van der Waals surface area contributed by atoms with Crippen LogP contribution in [-0.2, 0) is 24.4 Å². The molecule has 0 saturated heterocycles. The Morgan fingerprint density at radius 3 is 2.52 bits per heavy atom. The minimum atomic E-state index is -4.53. The second-order valence-corrected chi connectivity index (χ2v) is 5.48. The summed E-state index contributed by atoms with van der Waals surface area (Å²) in [6.07, 6.45) is -1.64. The molecule has 8 nitrogen and oxygen atoms in total. The van der Waals surface area contributed by atoms with Gasteiger partial charge in [0.05, 0.1) is 7.11 Å². The van der Waals surface area contributed by atoms with Crippen LogP contribution in [0.5, 0.6) is 5.75 Å². The molecule has 2 N–H and O–H groups in total. The van der Waals surface area contributed by atoms with E-state index in [0.29, 0.717) is 11.4 Å². The minimum Gasteiger partial charge on any atom is -0.497 e. The second-order valence-electron chi connectivity index (χ2n) is 4.03. The van der Waals surface area contributed by atoms with Crippen molar-refractivity contribution in [3.63, 3.8) is 0 Å². The Hall–Kier alpha value is -1.97. The molecule has 116 valence electrons. The van der Waals surface area contributed by atoms with Crippen molar-refractivity contribution in [1.82, 2.24) is 0 Å². The number of ether oxygens (including phenoxy) is 2. The van der Waals surface area contributed by atoms with E-state index in [2.05, 4.69) is 10.1 Å². The molecule has 0 aromatic heterocycles. The number of rotatable bonds is 7. The summed E-state index contributed by atoms with van der Waals surface area (Å²) in [6.45, 7) is 0. The molecule has 0 saturated carbocycles. The van der Waals surface area contributed by atoms with Gasteiger partial charge in [-0.3, -0.25) is 14.1 Å². The molecular weight excluding hydrogens is 302 g/mol. The normalized spacial score (nSPS) is 12.5. The van der Waals surface area contributed by atoms with E-state index in [1.165, 1.54) is 13.2 Å². The SMILES string of the molecule is COc1cccc(NC(=O)C(OC)C(=O)CS(=O)(=O)O)c1. The van der Waals surface area contributed by atoms with E-state index in [0.717, 1.165) is 7.11 Å². The van der Waals surface area contributed by atoms with Gasteiger partial charge in [0.2, 0.25) is 0 Å². The quantitative estimate of drug-likeness (QED) is 0.541. The fourth-order valence-corrected chi connectivity index (χ4v) is 2.06. The third-order valence-electron chi connectivity index (χ3n) is 2.43. The molecule has 1 aromatic carbocycles. The van der Waals surface area contributed by atoms with Crippen molar-refractivity contribution >= 4 is 27.5 Å². The number of ketones is 1. The predicted octanol–water partition coefficient (Wildman–Crippen LogP) is 0.106. The first-order chi connectivity index (χ1) is 9.76. The first kappa shape index (κ1) is 17.1. The number of nitrogens with one attached hydrogen (secondary N) is 1. The first-order valence-electron chi connectivity index (χ1n) is 5.72. The van der Waals surface area contributed by atoms with Crippen molar-refractivity contribution < 1.29 is 32.0 Å². The van der Waals surface area contributed by atoms with Gasteiger partial charge in [-0.1, -0.05) is 6.07 Å². The van der Waals surface area contributed by atoms with Crippen LogP contribution in [0.2, 0.25) is 0 Å². The van der Waals surface area contributed by atoms with Crippen molar-refractivity contribution in [3.8, 4) is 5.75 Å². The van der Waals surface area contributed by atoms with Crippen LogP contribution in [0.3, 0.4) is 0 Å². The fraction of sp³-hybridized carbons (Fsp3) is 0.333. The molecular formula is C12H15NO7S. The van der Waals surface area contributed by atoms with Crippen LogP contribution in [0.15, 0.2) is 24.3 Å². The Bertz CT molecular complexity index is 626.